The van der Waals surface area contributed by atoms with Gasteiger partial charge in [-0.15, -0.1) is 0 Å². The zero-order valence-corrected chi connectivity index (χ0v) is 8.48. The van der Waals surface area contributed by atoms with Gasteiger partial charge in [0, 0.05) is 12.1 Å². The first-order chi connectivity index (χ1) is 8.15. The van der Waals surface area contributed by atoms with Gasteiger partial charge >= 0.3 is 0 Å². The van der Waals surface area contributed by atoms with E-state index in [0.29, 0.717) is 0 Å². The summed E-state index contributed by atoms with van der Waals surface area (Å²) in [6.07, 6.45) is 2.32. The third kappa shape index (κ3) is 2.71. The standard InChI is InChI=1S/C10H7FN4O2/c11-6-3-7(5-12-4-6)13-10(17)8-1-2-9(16)15-14-8/h1-5H,(H,13,17)(H,15,16). The van der Waals surface area contributed by atoms with Crippen molar-refractivity contribution >= 4 is 11.6 Å². The quantitative estimate of drug-likeness (QED) is 0.794. The summed E-state index contributed by atoms with van der Waals surface area (Å²) >= 11 is 0. The van der Waals surface area contributed by atoms with Crippen molar-refractivity contribution in [3.63, 3.8) is 0 Å². The molecule has 2 N–H and O–H groups in total. The van der Waals surface area contributed by atoms with Crippen molar-refractivity contribution in [1.82, 2.24) is 15.2 Å². The Bertz CT molecular complexity index is 591. The number of rotatable bonds is 2. The van der Waals surface area contributed by atoms with Crippen LogP contribution in [0, 0.1) is 5.82 Å². The minimum atomic E-state index is -0.561. The molecule has 0 aromatic carbocycles. The first kappa shape index (κ1) is 10.9. The Morgan fingerprint density at radius 3 is 2.82 bits per heavy atom. The third-order valence-electron chi connectivity index (χ3n) is 1.87. The van der Waals surface area contributed by atoms with Gasteiger partial charge in [0.2, 0.25) is 0 Å². The van der Waals surface area contributed by atoms with Crippen molar-refractivity contribution in [1.29, 1.82) is 0 Å². The molecule has 0 atom stereocenters. The molecule has 7 heteroatoms. The molecule has 0 aliphatic rings. The maximum atomic E-state index is 12.8. The van der Waals surface area contributed by atoms with Gasteiger partial charge in [-0.3, -0.25) is 14.6 Å². The zero-order chi connectivity index (χ0) is 12.3. The second-order valence-corrected chi connectivity index (χ2v) is 3.15. The number of anilines is 1. The van der Waals surface area contributed by atoms with Crippen LogP contribution in [0.15, 0.2) is 35.4 Å². The van der Waals surface area contributed by atoms with E-state index in [2.05, 4.69) is 20.5 Å². The van der Waals surface area contributed by atoms with Crippen molar-refractivity contribution < 1.29 is 9.18 Å². The van der Waals surface area contributed by atoms with Crippen LogP contribution in [0.25, 0.3) is 0 Å². The van der Waals surface area contributed by atoms with E-state index in [1.54, 1.807) is 0 Å². The van der Waals surface area contributed by atoms with E-state index in [1.165, 1.54) is 18.3 Å². The Labute approximate surface area is 94.5 Å². The fourth-order valence-corrected chi connectivity index (χ4v) is 1.15. The molecule has 2 aromatic heterocycles. The Morgan fingerprint density at radius 1 is 1.35 bits per heavy atom. The number of nitrogens with one attached hydrogen (secondary N) is 2. The number of halogens is 1. The predicted molar refractivity (Wildman–Crippen MR) is 57.0 cm³/mol. The molecule has 1 amide bonds. The molecule has 0 spiro atoms. The molecular formula is C10H7FN4O2. The normalized spacial score (nSPS) is 9.94. The van der Waals surface area contributed by atoms with Crippen LogP contribution in [0.5, 0.6) is 0 Å². The number of hydrogen-bond donors (Lipinski definition) is 2. The summed E-state index contributed by atoms with van der Waals surface area (Å²) in [7, 11) is 0. The van der Waals surface area contributed by atoms with Crippen LogP contribution in [0.1, 0.15) is 10.5 Å². The smallest absolute Gasteiger partial charge is 0.276 e. The van der Waals surface area contributed by atoms with Gasteiger partial charge in [-0.25, -0.2) is 9.49 Å². The fourth-order valence-electron chi connectivity index (χ4n) is 1.15. The maximum Gasteiger partial charge on any atom is 0.276 e. The summed E-state index contributed by atoms with van der Waals surface area (Å²) in [6, 6.07) is 3.56. The summed E-state index contributed by atoms with van der Waals surface area (Å²) in [5, 5.41) is 8.05. The summed E-state index contributed by atoms with van der Waals surface area (Å²) in [5.41, 5.74) is -0.175. The highest BCUT2D eigenvalue weighted by molar-refractivity contribution is 6.02. The molecule has 17 heavy (non-hydrogen) atoms. The predicted octanol–water partition coefficient (Wildman–Crippen LogP) is 0.556. The van der Waals surface area contributed by atoms with Crippen LogP contribution in [-0.2, 0) is 0 Å². The minimum Gasteiger partial charge on any atom is -0.319 e. The molecule has 0 aliphatic heterocycles. The van der Waals surface area contributed by atoms with Gasteiger partial charge in [-0.05, 0) is 6.07 Å². The van der Waals surface area contributed by atoms with Gasteiger partial charge in [0.1, 0.15) is 11.5 Å². The molecule has 2 heterocycles. The largest absolute Gasteiger partial charge is 0.319 e. The number of carbonyl (C=O) groups excluding carboxylic acids is 1. The van der Waals surface area contributed by atoms with Gasteiger partial charge < -0.3 is 5.32 Å². The van der Waals surface area contributed by atoms with E-state index >= 15 is 0 Å². The number of nitrogens with zero attached hydrogens (tertiary/aromatic N) is 2. The van der Waals surface area contributed by atoms with Crippen LogP contribution in [0.3, 0.4) is 0 Å². The molecule has 0 aliphatic carbocycles. The Kier molecular flexibility index (Phi) is 2.91. The van der Waals surface area contributed by atoms with Gasteiger partial charge in [0.15, 0.2) is 0 Å². The lowest BCUT2D eigenvalue weighted by atomic mass is 10.3. The number of aromatic amines is 1. The van der Waals surface area contributed by atoms with E-state index in [4.69, 9.17) is 0 Å². The van der Waals surface area contributed by atoms with Crippen LogP contribution in [0.4, 0.5) is 10.1 Å². The summed E-state index contributed by atoms with van der Waals surface area (Å²) in [6.45, 7) is 0. The molecule has 6 nitrogen and oxygen atoms in total. The average Bonchev–Trinajstić information content (AvgIpc) is 2.29. The Hall–Kier alpha value is -2.57. The molecule has 0 fully saturated rings. The van der Waals surface area contributed by atoms with Crippen molar-refractivity contribution in [3.05, 3.63) is 52.5 Å². The molecule has 0 bridgehead atoms. The Morgan fingerprint density at radius 2 is 2.18 bits per heavy atom. The van der Waals surface area contributed by atoms with E-state index in [-0.39, 0.29) is 11.4 Å². The van der Waals surface area contributed by atoms with Crippen molar-refractivity contribution in [2.24, 2.45) is 0 Å². The van der Waals surface area contributed by atoms with Gasteiger partial charge in [-0.1, -0.05) is 0 Å². The van der Waals surface area contributed by atoms with Gasteiger partial charge in [0.05, 0.1) is 18.1 Å². The summed E-state index contributed by atoms with van der Waals surface area (Å²) < 4.78 is 12.8. The van der Waals surface area contributed by atoms with Crippen LogP contribution in [-0.4, -0.2) is 21.1 Å². The van der Waals surface area contributed by atoms with E-state index in [1.807, 2.05) is 0 Å². The number of pyridine rings is 1. The van der Waals surface area contributed by atoms with Gasteiger partial charge in [-0.2, -0.15) is 5.10 Å². The second-order valence-electron chi connectivity index (χ2n) is 3.15. The summed E-state index contributed by atoms with van der Waals surface area (Å²) in [4.78, 5) is 25.9. The molecule has 2 aromatic rings. The monoisotopic (exact) mass is 234 g/mol. The molecule has 2 rings (SSSR count). The molecule has 0 unspecified atom stereocenters. The lowest BCUT2D eigenvalue weighted by molar-refractivity contribution is 0.102. The van der Waals surface area contributed by atoms with Crippen LogP contribution < -0.4 is 10.9 Å². The Balaban J connectivity index is 2.17. The summed E-state index contributed by atoms with van der Waals surface area (Å²) in [5.74, 6) is -1.12. The van der Waals surface area contributed by atoms with Crippen molar-refractivity contribution in [2.45, 2.75) is 0 Å². The average molecular weight is 234 g/mol. The van der Waals surface area contributed by atoms with E-state index in [9.17, 15) is 14.0 Å². The highest BCUT2D eigenvalue weighted by Crippen LogP contribution is 2.07. The lowest BCUT2D eigenvalue weighted by Crippen LogP contribution is -2.17. The van der Waals surface area contributed by atoms with E-state index in [0.717, 1.165) is 12.3 Å². The lowest BCUT2D eigenvalue weighted by Gasteiger charge is -2.03. The first-order valence-electron chi connectivity index (χ1n) is 4.63. The fraction of sp³-hybridized carbons (Fsp3) is 0. The number of H-pyrrole nitrogens is 1. The third-order valence-corrected chi connectivity index (χ3v) is 1.87. The maximum absolute atomic E-state index is 12.8. The minimum absolute atomic E-state index is 0.0221. The number of hydrogen-bond acceptors (Lipinski definition) is 4. The van der Waals surface area contributed by atoms with Crippen molar-refractivity contribution in [3.8, 4) is 0 Å². The van der Waals surface area contributed by atoms with Gasteiger partial charge in [0.25, 0.3) is 11.5 Å². The molecule has 0 saturated carbocycles. The number of amides is 1. The SMILES string of the molecule is O=C(Nc1cncc(F)c1)c1ccc(=O)[nH]n1. The molecule has 86 valence electrons. The van der Waals surface area contributed by atoms with Crippen LogP contribution in [0.2, 0.25) is 0 Å². The highest BCUT2D eigenvalue weighted by Gasteiger charge is 2.08. The zero-order valence-electron chi connectivity index (χ0n) is 8.48. The van der Waals surface area contributed by atoms with Crippen LogP contribution >= 0.6 is 0 Å². The number of aromatic nitrogens is 3. The number of carbonyl (C=O) groups is 1. The molecular weight excluding hydrogens is 227 g/mol. The highest BCUT2D eigenvalue weighted by atomic mass is 19.1. The second kappa shape index (κ2) is 4.52. The molecule has 0 radical (unpaired) electrons. The molecule has 0 saturated heterocycles. The van der Waals surface area contributed by atoms with Crippen molar-refractivity contribution in [2.75, 3.05) is 5.32 Å². The van der Waals surface area contributed by atoms with E-state index < -0.39 is 17.3 Å². The topological polar surface area (TPSA) is 87.7 Å². The first-order valence-corrected chi connectivity index (χ1v) is 4.63.